The zero-order chi connectivity index (χ0) is 11.3. The molecule has 0 spiro atoms. The standard InChI is InChI=1S/C14H22O/c1-5-7-12-8-9-13(15-6-2)10-14(12)11(3)4/h8-11H,5-7H2,1-4H3. The van der Waals surface area contributed by atoms with Gasteiger partial charge in [0.15, 0.2) is 0 Å². The summed E-state index contributed by atoms with van der Waals surface area (Å²) in [7, 11) is 0. The molecule has 0 heterocycles. The molecule has 1 aromatic carbocycles. The Morgan fingerprint density at radius 1 is 1.20 bits per heavy atom. The van der Waals surface area contributed by atoms with Gasteiger partial charge in [-0.25, -0.2) is 0 Å². The molecular formula is C14H22O. The molecule has 84 valence electrons. The van der Waals surface area contributed by atoms with Gasteiger partial charge < -0.3 is 4.74 Å². The highest BCUT2D eigenvalue weighted by Crippen LogP contribution is 2.25. The van der Waals surface area contributed by atoms with Crippen molar-refractivity contribution in [2.24, 2.45) is 0 Å². The molecule has 0 amide bonds. The van der Waals surface area contributed by atoms with Gasteiger partial charge >= 0.3 is 0 Å². The van der Waals surface area contributed by atoms with Crippen molar-refractivity contribution < 1.29 is 4.74 Å². The Balaban J connectivity index is 2.97. The lowest BCUT2D eigenvalue weighted by Gasteiger charge is -2.14. The van der Waals surface area contributed by atoms with E-state index in [4.69, 9.17) is 4.74 Å². The summed E-state index contributed by atoms with van der Waals surface area (Å²) in [5.41, 5.74) is 2.90. The number of benzene rings is 1. The number of hydrogen-bond donors (Lipinski definition) is 0. The van der Waals surface area contributed by atoms with Crippen molar-refractivity contribution in [1.82, 2.24) is 0 Å². The van der Waals surface area contributed by atoms with Crippen molar-refractivity contribution in [3.8, 4) is 5.75 Å². The van der Waals surface area contributed by atoms with E-state index in [1.807, 2.05) is 6.92 Å². The molecular weight excluding hydrogens is 184 g/mol. The molecule has 0 saturated carbocycles. The highest BCUT2D eigenvalue weighted by Gasteiger charge is 2.07. The van der Waals surface area contributed by atoms with Crippen LogP contribution in [-0.4, -0.2) is 6.61 Å². The van der Waals surface area contributed by atoms with Crippen molar-refractivity contribution in [3.05, 3.63) is 29.3 Å². The van der Waals surface area contributed by atoms with Gasteiger partial charge in [-0.15, -0.1) is 0 Å². The Morgan fingerprint density at radius 2 is 1.93 bits per heavy atom. The van der Waals surface area contributed by atoms with Gasteiger partial charge in [0.2, 0.25) is 0 Å². The number of ether oxygens (including phenoxy) is 1. The van der Waals surface area contributed by atoms with Crippen molar-refractivity contribution >= 4 is 0 Å². The van der Waals surface area contributed by atoms with Crippen LogP contribution in [0.25, 0.3) is 0 Å². The largest absolute Gasteiger partial charge is 0.494 e. The zero-order valence-corrected chi connectivity index (χ0v) is 10.3. The van der Waals surface area contributed by atoms with E-state index >= 15 is 0 Å². The second kappa shape index (κ2) is 5.79. The summed E-state index contributed by atoms with van der Waals surface area (Å²) in [5.74, 6) is 1.58. The third kappa shape index (κ3) is 3.26. The number of aryl methyl sites for hydroxylation is 1. The molecule has 1 aromatic rings. The topological polar surface area (TPSA) is 9.23 Å². The lowest BCUT2D eigenvalue weighted by atomic mass is 9.94. The van der Waals surface area contributed by atoms with Crippen molar-refractivity contribution in [2.75, 3.05) is 6.61 Å². The summed E-state index contributed by atoms with van der Waals surface area (Å²) in [5, 5.41) is 0. The van der Waals surface area contributed by atoms with E-state index in [0.29, 0.717) is 5.92 Å². The SMILES string of the molecule is CCCc1ccc(OCC)cc1C(C)C. The summed E-state index contributed by atoms with van der Waals surface area (Å²) in [6.45, 7) is 9.47. The summed E-state index contributed by atoms with van der Waals surface area (Å²) < 4.78 is 5.53. The molecule has 0 fully saturated rings. The Bertz CT molecular complexity index is 302. The van der Waals surface area contributed by atoms with Gasteiger partial charge in [0.25, 0.3) is 0 Å². The third-order valence-electron chi connectivity index (χ3n) is 2.57. The Kier molecular flexibility index (Phi) is 4.67. The maximum Gasteiger partial charge on any atom is 0.119 e. The Hall–Kier alpha value is -0.980. The van der Waals surface area contributed by atoms with E-state index in [0.717, 1.165) is 12.4 Å². The van der Waals surface area contributed by atoms with E-state index in [1.54, 1.807) is 0 Å². The van der Waals surface area contributed by atoms with E-state index in [1.165, 1.54) is 24.0 Å². The first-order valence-electron chi connectivity index (χ1n) is 5.94. The van der Waals surface area contributed by atoms with E-state index in [9.17, 15) is 0 Å². The van der Waals surface area contributed by atoms with Crippen LogP contribution in [0.2, 0.25) is 0 Å². The number of rotatable bonds is 5. The van der Waals surface area contributed by atoms with E-state index in [2.05, 4.69) is 39.0 Å². The van der Waals surface area contributed by atoms with E-state index < -0.39 is 0 Å². The average Bonchev–Trinajstić information content (AvgIpc) is 2.21. The highest BCUT2D eigenvalue weighted by molar-refractivity contribution is 5.37. The summed E-state index contributed by atoms with van der Waals surface area (Å²) in [6, 6.07) is 6.49. The van der Waals surface area contributed by atoms with Gasteiger partial charge in [-0.1, -0.05) is 33.3 Å². The first-order valence-corrected chi connectivity index (χ1v) is 5.94. The third-order valence-corrected chi connectivity index (χ3v) is 2.57. The van der Waals surface area contributed by atoms with Crippen molar-refractivity contribution in [3.63, 3.8) is 0 Å². The van der Waals surface area contributed by atoms with Gasteiger partial charge in [0.05, 0.1) is 6.61 Å². The minimum atomic E-state index is 0.576. The smallest absolute Gasteiger partial charge is 0.119 e. The van der Waals surface area contributed by atoms with Crippen LogP contribution in [0.5, 0.6) is 5.75 Å². The fourth-order valence-corrected chi connectivity index (χ4v) is 1.86. The monoisotopic (exact) mass is 206 g/mol. The predicted molar refractivity (Wildman–Crippen MR) is 65.7 cm³/mol. The maximum absolute atomic E-state index is 5.53. The average molecular weight is 206 g/mol. The maximum atomic E-state index is 5.53. The summed E-state index contributed by atoms with van der Waals surface area (Å²) in [4.78, 5) is 0. The molecule has 0 aliphatic heterocycles. The predicted octanol–water partition coefficient (Wildman–Crippen LogP) is 4.16. The molecule has 0 aromatic heterocycles. The molecule has 1 rings (SSSR count). The molecule has 0 bridgehead atoms. The molecule has 1 nitrogen and oxygen atoms in total. The van der Waals surface area contributed by atoms with Crippen LogP contribution >= 0.6 is 0 Å². The fraction of sp³-hybridized carbons (Fsp3) is 0.571. The summed E-state index contributed by atoms with van der Waals surface area (Å²) >= 11 is 0. The second-order valence-corrected chi connectivity index (χ2v) is 4.20. The molecule has 0 saturated heterocycles. The van der Waals surface area contributed by atoms with Crippen LogP contribution in [0, 0.1) is 0 Å². The minimum Gasteiger partial charge on any atom is -0.494 e. The van der Waals surface area contributed by atoms with Crippen LogP contribution in [-0.2, 0) is 6.42 Å². The van der Waals surface area contributed by atoms with Gasteiger partial charge in [-0.2, -0.15) is 0 Å². The first kappa shape index (κ1) is 12.1. The van der Waals surface area contributed by atoms with Crippen LogP contribution in [0.3, 0.4) is 0 Å². The van der Waals surface area contributed by atoms with Crippen LogP contribution in [0.4, 0.5) is 0 Å². The molecule has 0 atom stereocenters. The Labute approximate surface area is 93.5 Å². The lowest BCUT2D eigenvalue weighted by Crippen LogP contribution is -1.99. The van der Waals surface area contributed by atoms with E-state index in [-0.39, 0.29) is 0 Å². The normalized spacial score (nSPS) is 10.7. The fourth-order valence-electron chi connectivity index (χ4n) is 1.86. The molecule has 0 aliphatic carbocycles. The van der Waals surface area contributed by atoms with Gasteiger partial charge in [-0.3, -0.25) is 0 Å². The molecule has 0 N–H and O–H groups in total. The minimum absolute atomic E-state index is 0.576. The lowest BCUT2D eigenvalue weighted by molar-refractivity contribution is 0.339. The van der Waals surface area contributed by atoms with Gasteiger partial charge in [0.1, 0.15) is 5.75 Å². The molecule has 0 aliphatic rings. The molecule has 0 radical (unpaired) electrons. The molecule has 1 heteroatoms. The van der Waals surface area contributed by atoms with Gasteiger partial charge in [0, 0.05) is 0 Å². The van der Waals surface area contributed by atoms with Crippen molar-refractivity contribution in [1.29, 1.82) is 0 Å². The van der Waals surface area contributed by atoms with Crippen LogP contribution < -0.4 is 4.74 Å². The Morgan fingerprint density at radius 3 is 2.47 bits per heavy atom. The quantitative estimate of drug-likeness (QED) is 0.703. The second-order valence-electron chi connectivity index (χ2n) is 4.20. The summed E-state index contributed by atoms with van der Waals surface area (Å²) in [6.07, 6.45) is 2.37. The first-order chi connectivity index (χ1) is 7.19. The van der Waals surface area contributed by atoms with Crippen molar-refractivity contribution in [2.45, 2.75) is 46.5 Å². The molecule has 0 unspecified atom stereocenters. The number of hydrogen-bond acceptors (Lipinski definition) is 1. The van der Waals surface area contributed by atoms with Crippen LogP contribution in [0.1, 0.15) is 51.2 Å². The highest BCUT2D eigenvalue weighted by atomic mass is 16.5. The molecule has 15 heavy (non-hydrogen) atoms. The van der Waals surface area contributed by atoms with Gasteiger partial charge in [-0.05, 0) is 42.5 Å². The van der Waals surface area contributed by atoms with Crippen LogP contribution in [0.15, 0.2) is 18.2 Å². The zero-order valence-electron chi connectivity index (χ0n) is 10.3.